The van der Waals surface area contributed by atoms with Crippen LogP contribution < -0.4 is 5.32 Å². The summed E-state index contributed by atoms with van der Waals surface area (Å²) in [7, 11) is 0. The van der Waals surface area contributed by atoms with Crippen molar-refractivity contribution in [1.82, 2.24) is 0 Å². The van der Waals surface area contributed by atoms with Crippen LogP contribution in [0.2, 0.25) is 0 Å². The van der Waals surface area contributed by atoms with E-state index in [1.54, 1.807) is 24.3 Å². The SMILES string of the molecule is CCC(C)OC(=O)c1ccc(NC=C2C(=O)C=C(C)OC2=O)cc1. The van der Waals surface area contributed by atoms with Gasteiger partial charge in [-0.25, -0.2) is 9.59 Å². The molecule has 0 amide bonds. The largest absolute Gasteiger partial charge is 0.459 e. The first-order chi connectivity index (χ1) is 11.4. The molecule has 0 radical (unpaired) electrons. The normalized spacial score (nSPS) is 17.1. The number of cyclic esters (lactones) is 1. The molecule has 0 fully saturated rings. The van der Waals surface area contributed by atoms with E-state index in [2.05, 4.69) is 5.32 Å². The number of benzene rings is 1. The Bertz CT molecular complexity index is 715. The molecule has 0 spiro atoms. The number of hydrogen-bond donors (Lipinski definition) is 1. The molecule has 1 atom stereocenters. The minimum atomic E-state index is -0.693. The van der Waals surface area contributed by atoms with Crippen molar-refractivity contribution in [3.05, 3.63) is 53.4 Å². The molecular weight excluding hydrogens is 310 g/mol. The van der Waals surface area contributed by atoms with Crippen LogP contribution in [0.15, 0.2) is 47.9 Å². The lowest BCUT2D eigenvalue weighted by Gasteiger charge is -2.12. The van der Waals surface area contributed by atoms with E-state index in [0.29, 0.717) is 11.3 Å². The minimum Gasteiger partial charge on any atom is -0.459 e. The Labute approximate surface area is 140 Å². The van der Waals surface area contributed by atoms with E-state index in [0.717, 1.165) is 6.42 Å². The third kappa shape index (κ3) is 4.32. The van der Waals surface area contributed by atoms with Crippen molar-refractivity contribution in [2.24, 2.45) is 0 Å². The van der Waals surface area contributed by atoms with Gasteiger partial charge in [0.05, 0.1) is 11.7 Å². The summed E-state index contributed by atoms with van der Waals surface area (Å²) in [5, 5.41) is 2.84. The fraction of sp³-hybridized carbons (Fsp3) is 0.278. The number of allylic oxidation sites excluding steroid dienone is 2. The number of anilines is 1. The summed E-state index contributed by atoms with van der Waals surface area (Å²) in [6.07, 6.45) is 3.15. The zero-order valence-electron chi connectivity index (χ0n) is 13.8. The van der Waals surface area contributed by atoms with Gasteiger partial charge in [0, 0.05) is 18.0 Å². The fourth-order valence-corrected chi connectivity index (χ4v) is 1.92. The number of carbonyl (C=O) groups is 3. The van der Waals surface area contributed by atoms with Gasteiger partial charge in [-0.2, -0.15) is 0 Å². The lowest BCUT2D eigenvalue weighted by atomic mass is 10.1. The number of carbonyl (C=O) groups excluding carboxylic acids is 3. The molecule has 24 heavy (non-hydrogen) atoms. The van der Waals surface area contributed by atoms with Crippen molar-refractivity contribution in [1.29, 1.82) is 0 Å². The lowest BCUT2D eigenvalue weighted by molar-refractivity contribution is -0.137. The molecule has 6 nitrogen and oxygen atoms in total. The Kier molecular flexibility index (Phi) is 5.52. The van der Waals surface area contributed by atoms with E-state index in [4.69, 9.17) is 9.47 Å². The number of hydrogen-bond acceptors (Lipinski definition) is 6. The molecule has 0 aliphatic carbocycles. The molecule has 6 heteroatoms. The van der Waals surface area contributed by atoms with Crippen LogP contribution in [0.5, 0.6) is 0 Å². The third-order valence-electron chi connectivity index (χ3n) is 3.46. The highest BCUT2D eigenvalue weighted by atomic mass is 16.5. The summed E-state index contributed by atoms with van der Waals surface area (Å²) in [5.74, 6) is -1.22. The molecule has 1 aromatic carbocycles. The predicted octanol–water partition coefficient (Wildman–Crippen LogP) is 2.97. The second-order valence-corrected chi connectivity index (χ2v) is 5.41. The minimum absolute atomic E-state index is 0.0825. The number of nitrogens with one attached hydrogen (secondary N) is 1. The molecule has 1 heterocycles. The first-order valence-electron chi connectivity index (χ1n) is 7.63. The van der Waals surface area contributed by atoms with E-state index in [1.165, 1.54) is 19.2 Å². The molecule has 2 rings (SSSR count). The number of ketones is 1. The van der Waals surface area contributed by atoms with E-state index in [-0.39, 0.29) is 23.4 Å². The molecule has 1 aliphatic heterocycles. The van der Waals surface area contributed by atoms with Crippen LogP contribution in [0, 0.1) is 0 Å². The average molecular weight is 329 g/mol. The Morgan fingerprint density at radius 2 is 1.96 bits per heavy atom. The van der Waals surface area contributed by atoms with Crippen molar-refractivity contribution in [2.75, 3.05) is 5.32 Å². The molecule has 0 saturated carbocycles. The van der Waals surface area contributed by atoms with Crippen LogP contribution in [-0.4, -0.2) is 23.8 Å². The van der Waals surface area contributed by atoms with Crippen LogP contribution in [0.25, 0.3) is 0 Å². The maximum atomic E-state index is 11.9. The van der Waals surface area contributed by atoms with E-state index in [1.807, 2.05) is 13.8 Å². The molecule has 0 saturated heterocycles. The zero-order chi connectivity index (χ0) is 17.7. The highest BCUT2D eigenvalue weighted by Gasteiger charge is 2.24. The molecule has 1 N–H and O–H groups in total. The van der Waals surface area contributed by atoms with E-state index in [9.17, 15) is 14.4 Å². The second kappa shape index (κ2) is 7.59. The number of ether oxygens (including phenoxy) is 2. The van der Waals surface area contributed by atoms with Crippen LogP contribution >= 0.6 is 0 Å². The van der Waals surface area contributed by atoms with Gasteiger partial charge in [-0.3, -0.25) is 4.79 Å². The fourth-order valence-electron chi connectivity index (χ4n) is 1.92. The molecule has 0 aromatic heterocycles. The van der Waals surface area contributed by atoms with Crippen molar-refractivity contribution in [3.63, 3.8) is 0 Å². The highest BCUT2D eigenvalue weighted by Crippen LogP contribution is 2.16. The Hall–Kier alpha value is -2.89. The van der Waals surface area contributed by atoms with Crippen LogP contribution in [-0.2, 0) is 19.1 Å². The summed E-state index contributed by atoms with van der Waals surface area (Å²) in [4.78, 5) is 35.3. The Morgan fingerprint density at radius 3 is 2.54 bits per heavy atom. The lowest BCUT2D eigenvalue weighted by Crippen LogP contribution is -2.20. The quantitative estimate of drug-likeness (QED) is 0.508. The van der Waals surface area contributed by atoms with Gasteiger partial charge in [-0.05, 0) is 44.5 Å². The molecular formula is C18H19NO5. The van der Waals surface area contributed by atoms with Gasteiger partial charge >= 0.3 is 11.9 Å². The van der Waals surface area contributed by atoms with Crippen LogP contribution in [0.1, 0.15) is 37.6 Å². The van der Waals surface area contributed by atoms with Crippen molar-refractivity contribution >= 4 is 23.4 Å². The second-order valence-electron chi connectivity index (χ2n) is 5.41. The van der Waals surface area contributed by atoms with Crippen molar-refractivity contribution in [2.45, 2.75) is 33.3 Å². The Morgan fingerprint density at radius 1 is 1.29 bits per heavy atom. The summed E-state index contributed by atoms with van der Waals surface area (Å²) in [5.41, 5.74) is 0.968. The van der Waals surface area contributed by atoms with Crippen molar-refractivity contribution in [3.8, 4) is 0 Å². The molecule has 126 valence electrons. The van der Waals surface area contributed by atoms with Gasteiger partial charge in [0.25, 0.3) is 0 Å². The van der Waals surface area contributed by atoms with E-state index < -0.39 is 11.8 Å². The van der Waals surface area contributed by atoms with Gasteiger partial charge in [0.1, 0.15) is 11.3 Å². The maximum absolute atomic E-state index is 11.9. The van der Waals surface area contributed by atoms with E-state index >= 15 is 0 Å². The number of esters is 2. The topological polar surface area (TPSA) is 81.7 Å². The highest BCUT2D eigenvalue weighted by molar-refractivity contribution is 6.23. The average Bonchev–Trinajstić information content (AvgIpc) is 2.54. The van der Waals surface area contributed by atoms with Gasteiger partial charge < -0.3 is 14.8 Å². The van der Waals surface area contributed by atoms with Crippen LogP contribution in [0.4, 0.5) is 5.69 Å². The van der Waals surface area contributed by atoms with Crippen molar-refractivity contribution < 1.29 is 23.9 Å². The predicted molar refractivity (Wildman–Crippen MR) is 88.2 cm³/mol. The molecule has 1 aliphatic rings. The van der Waals surface area contributed by atoms with Gasteiger partial charge in [-0.15, -0.1) is 0 Å². The third-order valence-corrected chi connectivity index (χ3v) is 3.46. The smallest absolute Gasteiger partial charge is 0.348 e. The first-order valence-corrected chi connectivity index (χ1v) is 7.63. The zero-order valence-corrected chi connectivity index (χ0v) is 13.8. The number of rotatable bonds is 5. The standard InChI is InChI=1S/C18H19NO5/c1-4-11(2)23-17(21)13-5-7-14(8-6-13)19-10-15-16(20)9-12(3)24-18(15)22/h5-11,19H,4H2,1-3H3. The monoisotopic (exact) mass is 329 g/mol. The first kappa shape index (κ1) is 17.5. The molecule has 0 bridgehead atoms. The summed E-state index contributed by atoms with van der Waals surface area (Å²) < 4.78 is 10.1. The summed E-state index contributed by atoms with van der Waals surface area (Å²) >= 11 is 0. The maximum Gasteiger partial charge on any atom is 0.348 e. The van der Waals surface area contributed by atoms with Gasteiger partial charge in [0.2, 0.25) is 0 Å². The van der Waals surface area contributed by atoms with Gasteiger partial charge in [-0.1, -0.05) is 6.92 Å². The van der Waals surface area contributed by atoms with Gasteiger partial charge in [0.15, 0.2) is 5.78 Å². The molecule has 1 aromatic rings. The summed E-state index contributed by atoms with van der Waals surface area (Å²) in [6, 6.07) is 6.53. The Balaban J connectivity index is 2.04. The van der Waals surface area contributed by atoms with Crippen LogP contribution in [0.3, 0.4) is 0 Å². The summed E-state index contributed by atoms with van der Waals surface area (Å²) in [6.45, 7) is 5.31. The molecule has 1 unspecified atom stereocenters.